The second-order valence-corrected chi connectivity index (χ2v) is 6.63. The van der Waals surface area contributed by atoms with E-state index in [9.17, 15) is 8.42 Å². The Kier molecular flexibility index (Phi) is 3.61. The normalized spacial score (nSPS) is 11.7. The summed E-state index contributed by atoms with van der Waals surface area (Å²) in [6.45, 7) is 1.75. The topological polar surface area (TPSA) is 78.0 Å². The zero-order valence-corrected chi connectivity index (χ0v) is 11.8. The molecule has 0 spiro atoms. The molecule has 0 aliphatic rings. The minimum atomic E-state index is -3.31. The summed E-state index contributed by atoms with van der Waals surface area (Å²) in [5.74, 6) is 0.805. The van der Waals surface area contributed by atoms with Crippen LogP contribution in [-0.4, -0.2) is 23.7 Å². The van der Waals surface area contributed by atoms with Crippen molar-refractivity contribution in [3.8, 4) is 0 Å². The Bertz CT molecular complexity index is 690. The summed E-state index contributed by atoms with van der Waals surface area (Å²) in [4.78, 5) is 4.47. The number of aromatic nitrogens is 2. The lowest BCUT2D eigenvalue weighted by atomic mass is 10.2. The van der Waals surface area contributed by atoms with Gasteiger partial charge in [0.25, 0.3) is 0 Å². The molecule has 2 N–H and O–H groups in total. The van der Waals surface area contributed by atoms with E-state index in [4.69, 9.17) is 5.73 Å². The fourth-order valence-corrected chi connectivity index (χ4v) is 3.49. The fourth-order valence-electron chi connectivity index (χ4n) is 1.99. The van der Waals surface area contributed by atoms with Crippen molar-refractivity contribution in [2.75, 3.05) is 11.5 Å². The van der Waals surface area contributed by atoms with Crippen molar-refractivity contribution in [3.63, 3.8) is 0 Å². The number of aryl methyl sites for hydroxylation is 3. The van der Waals surface area contributed by atoms with Gasteiger partial charge in [0.15, 0.2) is 9.84 Å². The number of anilines is 1. The number of hydrogen-bond acceptors (Lipinski definition) is 4. The lowest BCUT2D eigenvalue weighted by Crippen LogP contribution is -2.13. The summed E-state index contributed by atoms with van der Waals surface area (Å²) in [6, 6.07) is 4.85. The number of nitrogens with zero attached hydrogens (tertiary/aromatic N) is 2. The number of hydrogen-bond donors (Lipinski definition) is 1. The summed E-state index contributed by atoms with van der Waals surface area (Å²) in [6.07, 6.45) is 3.86. The molecule has 0 amide bonds. The molecular weight excluding hydrogens is 262 g/mol. The number of imidazole rings is 1. The number of sulfone groups is 1. The van der Waals surface area contributed by atoms with E-state index >= 15 is 0 Å². The van der Waals surface area contributed by atoms with E-state index in [1.165, 1.54) is 0 Å². The SMILES string of the molecule is Cc1cc(N)ccc1S(=O)(=O)CCc1nccn1C. The van der Waals surface area contributed by atoms with Crippen molar-refractivity contribution in [1.29, 1.82) is 0 Å². The molecule has 0 saturated heterocycles. The van der Waals surface area contributed by atoms with Crippen LogP contribution >= 0.6 is 0 Å². The molecule has 1 aromatic heterocycles. The Balaban J connectivity index is 2.21. The van der Waals surface area contributed by atoms with Crippen molar-refractivity contribution in [2.45, 2.75) is 18.2 Å². The molecule has 0 radical (unpaired) electrons. The van der Waals surface area contributed by atoms with Crippen molar-refractivity contribution < 1.29 is 8.42 Å². The third-order valence-electron chi connectivity index (χ3n) is 3.05. The third-order valence-corrected chi connectivity index (χ3v) is 4.92. The highest BCUT2D eigenvalue weighted by atomic mass is 32.2. The lowest BCUT2D eigenvalue weighted by Gasteiger charge is -2.08. The zero-order valence-electron chi connectivity index (χ0n) is 11.0. The van der Waals surface area contributed by atoms with E-state index in [0.717, 1.165) is 5.82 Å². The highest BCUT2D eigenvalue weighted by molar-refractivity contribution is 7.91. The summed E-state index contributed by atoms with van der Waals surface area (Å²) in [5.41, 5.74) is 6.88. The minimum absolute atomic E-state index is 0.0443. The summed E-state index contributed by atoms with van der Waals surface area (Å²) < 4.78 is 26.4. The van der Waals surface area contributed by atoms with Gasteiger partial charge in [-0.3, -0.25) is 0 Å². The van der Waals surface area contributed by atoms with Gasteiger partial charge < -0.3 is 10.3 Å². The van der Waals surface area contributed by atoms with Gasteiger partial charge in [-0.25, -0.2) is 13.4 Å². The minimum Gasteiger partial charge on any atom is -0.399 e. The monoisotopic (exact) mass is 279 g/mol. The predicted octanol–water partition coefficient (Wildman–Crippen LogP) is 1.33. The van der Waals surface area contributed by atoms with Crippen LogP contribution < -0.4 is 5.73 Å². The maximum Gasteiger partial charge on any atom is 0.179 e. The van der Waals surface area contributed by atoms with E-state index in [-0.39, 0.29) is 5.75 Å². The van der Waals surface area contributed by atoms with Gasteiger partial charge in [0, 0.05) is 31.5 Å². The number of nitrogens with two attached hydrogens (primary N) is 1. The summed E-state index contributed by atoms with van der Waals surface area (Å²) in [7, 11) is -1.46. The molecule has 0 unspecified atom stereocenters. The fraction of sp³-hybridized carbons (Fsp3) is 0.308. The molecule has 0 fully saturated rings. The molecule has 0 aliphatic heterocycles. The van der Waals surface area contributed by atoms with Gasteiger partial charge in [0.1, 0.15) is 5.82 Å². The number of nitrogen functional groups attached to an aromatic ring is 1. The average molecular weight is 279 g/mol. The Morgan fingerprint density at radius 3 is 2.68 bits per heavy atom. The van der Waals surface area contributed by atoms with Crippen LogP contribution in [0.1, 0.15) is 11.4 Å². The molecule has 6 heteroatoms. The Hall–Kier alpha value is -1.82. The first kappa shape index (κ1) is 13.6. The first-order valence-electron chi connectivity index (χ1n) is 5.95. The van der Waals surface area contributed by atoms with Crippen molar-refractivity contribution in [2.24, 2.45) is 7.05 Å². The van der Waals surface area contributed by atoms with Gasteiger partial charge in [-0.2, -0.15) is 0 Å². The van der Waals surface area contributed by atoms with Crippen molar-refractivity contribution in [1.82, 2.24) is 9.55 Å². The molecule has 0 bridgehead atoms. The van der Waals surface area contributed by atoms with Crippen molar-refractivity contribution in [3.05, 3.63) is 42.0 Å². The van der Waals surface area contributed by atoms with E-state index in [1.807, 2.05) is 11.6 Å². The molecule has 19 heavy (non-hydrogen) atoms. The Morgan fingerprint density at radius 2 is 2.11 bits per heavy atom. The molecule has 2 aromatic rings. The Labute approximate surface area is 113 Å². The van der Waals surface area contributed by atoms with E-state index < -0.39 is 9.84 Å². The first-order chi connectivity index (χ1) is 8.90. The van der Waals surface area contributed by atoms with Crippen LogP contribution in [0.25, 0.3) is 0 Å². The third kappa shape index (κ3) is 2.96. The van der Waals surface area contributed by atoms with Crippen LogP contribution in [0.3, 0.4) is 0 Å². The van der Waals surface area contributed by atoms with Gasteiger partial charge in [-0.15, -0.1) is 0 Å². The summed E-state index contributed by atoms with van der Waals surface area (Å²) in [5, 5.41) is 0. The first-order valence-corrected chi connectivity index (χ1v) is 7.60. The second-order valence-electron chi connectivity index (χ2n) is 4.55. The Morgan fingerprint density at radius 1 is 1.37 bits per heavy atom. The van der Waals surface area contributed by atoms with E-state index in [1.54, 1.807) is 37.5 Å². The molecule has 5 nitrogen and oxygen atoms in total. The lowest BCUT2D eigenvalue weighted by molar-refractivity contribution is 0.593. The summed E-state index contributed by atoms with van der Waals surface area (Å²) >= 11 is 0. The molecule has 0 aliphatic carbocycles. The van der Waals surface area contributed by atoms with Crippen LogP contribution in [0.4, 0.5) is 5.69 Å². The maximum absolute atomic E-state index is 12.3. The predicted molar refractivity (Wildman–Crippen MR) is 74.6 cm³/mol. The highest BCUT2D eigenvalue weighted by Gasteiger charge is 2.18. The molecule has 0 atom stereocenters. The molecule has 1 aromatic carbocycles. The number of benzene rings is 1. The van der Waals surface area contributed by atoms with Gasteiger partial charge in [-0.1, -0.05) is 0 Å². The van der Waals surface area contributed by atoms with E-state index in [2.05, 4.69) is 4.98 Å². The molecular formula is C13H17N3O2S. The van der Waals surface area contributed by atoms with Gasteiger partial charge in [-0.05, 0) is 30.7 Å². The van der Waals surface area contributed by atoms with Gasteiger partial charge in [0.2, 0.25) is 0 Å². The van der Waals surface area contributed by atoms with E-state index in [0.29, 0.717) is 22.6 Å². The van der Waals surface area contributed by atoms with Crippen LogP contribution in [0.2, 0.25) is 0 Å². The molecule has 1 heterocycles. The highest BCUT2D eigenvalue weighted by Crippen LogP contribution is 2.19. The second kappa shape index (κ2) is 5.05. The van der Waals surface area contributed by atoms with Crippen LogP contribution in [0, 0.1) is 6.92 Å². The van der Waals surface area contributed by atoms with Crippen LogP contribution in [0.5, 0.6) is 0 Å². The standard InChI is InChI=1S/C13H17N3O2S/c1-10-9-11(14)3-4-12(10)19(17,18)8-5-13-15-6-7-16(13)2/h3-4,6-7,9H,5,8,14H2,1-2H3. The van der Waals surface area contributed by atoms with Gasteiger partial charge >= 0.3 is 0 Å². The van der Waals surface area contributed by atoms with Gasteiger partial charge in [0.05, 0.1) is 10.6 Å². The van der Waals surface area contributed by atoms with Crippen molar-refractivity contribution >= 4 is 15.5 Å². The van der Waals surface area contributed by atoms with Crippen LogP contribution in [0.15, 0.2) is 35.5 Å². The molecule has 2 rings (SSSR count). The zero-order chi connectivity index (χ0) is 14.0. The maximum atomic E-state index is 12.3. The van der Waals surface area contributed by atoms with Crippen LogP contribution in [-0.2, 0) is 23.3 Å². The molecule has 102 valence electrons. The smallest absolute Gasteiger partial charge is 0.179 e. The largest absolute Gasteiger partial charge is 0.399 e. The quantitative estimate of drug-likeness (QED) is 0.856. The number of rotatable bonds is 4. The molecule has 0 saturated carbocycles. The average Bonchev–Trinajstić information content (AvgIpc) is 2.72.